The zero-order valence-corrected chi connectivity index (χ0v) is 31.1. The molecule has 2 atom stereocenters. The van der Waals surface area contributed by atoms with Crippen molar-refractivity contribution < 1.29 is 43.2 Å². The lowest BCUT2D eigenvalue weighted by molar-refractivity contribution is -0.143. The quantitative estimate of drug-likeness (QED) is 0.201. The number of nitrogens with one attached hydrogen (secondary N) is 1. The van der Waals surface area contributed by atoms with Gasteiger partial charge in [-0.3, -0.25) is 9.59 Å². The number of nitrogens with two attached hydrogens (primary N) is 3. The topological polar surface area (TPSA) is 222 Å². The van der Waals surface area contributed by atoms with Gasteiger partial charge in [0.2, 0.25) is 5.91 Å². The number of benzene rings is 2. The highest BCUT2D eigenvalue weighted by Crippen LogP contribution is 2.30. The molecule has 53 heavy (non-hydrogen) atoms. The Morgan fingerprint density at radius 3 is 1.58 bits per heavy atom. The van der Waals surface area contributed by atoms with E-state index in [-0.39, 0.29) is 39.3 Å². The number of para-hydroxylation sites is 2. The largest absolute Gasteiger partial charge is 0.495 e. The molecular weight excluding hydrogens is 684 g/mol. The molecule has 2 fully saturated rings. The Morgan fingerprint density at radius 1 is 0.717 bits per heavy atom. The molecule has 4 rings (SSSR count). The van der Waals surface area contributed by atoms with Crippen molar-refractivity contribution in [3.63, 3.8) is 0 Å². The molecule has 0 bridgehead atoms. The van der Waals surface area contributed by atoms with E-state index >= 15 is 0 Å². The van der Waals surface area contributed by atoms with E-state index in [0.29, 0.717) is 60.3 Å². The number of hydrogen-bond acceptors (Lipinski definition) is 11. The third kappa shape index (κ3) is 16.0. The van der Waals surface area contributed by atoms with Crippen LogP contribution in [0.2, 0.25) is 0 Å². The molecule has 2 saturated heterocycles. The second-order valence-corrected chi connectivity index (χ2v) is 14.2. The van der Waals surface area contributed by atoms with Gasteiger partial charge in [0.1, 0.15) is 22.7 Å². The summed E-state index contributed by atoms with van der Waals surface area (Å²) in [6.07, 6.45) is 2.02. The number of carboxylic acids is 1. The number of anilines is 4. The Labute approximate surface area is 315 Å². The zero-order chi connectivity index (χ0) is 38.5. The summed E-state index contributed by atoms with van der Waals surface area (Å²) in [5.41, 5.74) is 17.9. The van der Waals surface area contributed by atoms with Gasteiger partial charge in [-0.1, -0.05) is 27.0 Å². The van der Waals surface area contributed by atoms with Gasteiger partial charge >= 0.3 is 18.2 Å². The fourth-order valence-corrected chi connectivity index (χ4v) is 5.16. The molecule has 15 heteroatoms. The van der Waals surface area contributed by atoms with Crippen LogP contribution >= 0.6 is 0 Å². The minimum Gasteiger partial charge on any atom is -0.495 e. The van der Waals surface area contributed by atoms with Crippen LogP contribution in [0.5, 0.6) is 11.5 Å². The van der Waals surface area contributed by atoms with E-state index in [9.17, 15) is 19.2 Å². The zero-order valence-electron chi connectivity index (χ0n) is 31.1. The molecule has 15 nitrogen and oxygen atoms in total. The molecular formula is C38H64N6O9. The van der Waals surface area contributed by atoms with E-state index in [0.717, 1.165) is 19.3 Å². The summed E-state index contributed by atoms with van der Waals surface area (Å²) < 4.78 is 20.7. The van der Waals surface area contributed by atoms with Gasteiger partial charge in [0.25, 0.3) is 0 Å². The van der Waals surface area contributed by atoms with E-state index in [1.54, 1.807) is 69.2 Å². The standard InChI is InChI=1S/C18H27N3O4.C11H19NO4.C7H10N2O.2CH4/c1-18(2,3)25-17(23)21-10-6-7-12(11-21)16(22)20-13-8-5-9-14(24-4)15(13)19;1-11(2,3)16-10(15)12-6-4-5-8(7-12)9(13)14;1-10-6-4-2-3-5(8)7(6)9;;/h5,8-9,12H,6-7,10-11,19H2,1-4H3,(H,20,22);8H,4-7H2,1-3H3,(H,13,14);2-4H,8-9H2,1H3;2*1H4/t12-;8-;;;/m11.../s1. The lowest BCUT2D eigenvalue weighted by Gasteiger charge is -2.33. The van der Waals surface area contributed by atoms with E-state index in [4.69, 9.17) is 41.3 Å². The smallest absolute Gasteiger partial charge is 0.410 e. The minimum absolute atomic E-state index is 0. The average Bonchev–Trinajstić information content (AvgIpc) is 3.06. The molecule has 0 aromatic heterocycles. The van der Waals surface area contributed by atoms with Gasteiger partial charge in [-0.15, -0.1) is 0 Å². The van der Waals surface area contributed by atoms with Gasteiger partial charge in [0.05, 0.1) is 48.8 Å². The normalized spacial score (nSPS) is 16.7. The number of rotatable bonds is 5. The lowest BCUT2D eigenvalue weighted by atomic mass is 9.97. The number of nitrogens with zero attached hydrogens (tertiary/aromatic N) is 2. The first-order valence-electron chi connectivity index (χ1n) is 16.9. The van der Waals surface area contributed by atoms with Crippen molar-refractivity contribution in [3.8, 4) is 11.5 Å². The predicted molar refractivity (Wildman–Crippen MR) is 210 cm³/mol. The van der Waals surface area contributed by atoms with E-state index in [2.05, 4.69) is 5.32 Å². The number of nitrogen functional groups attached to an aromatic ring is 3. The molecule has 0 radical (unpaired) electrons. The van der Waals surface area contributed by atoms with Crippen LogP contribution in [0.4, 0.5) is 32.3 Å². The second kappa shape index (κ2) is 21.4. The highest BCUT2D eigenvalue weighted by molar-refractivity contribution is 5.96. The lowest BCUT2D eigenvalue weighted by Crippen LogP contribution is -2.45. The average molecular weight is 749 g/mol. The highest BCUT2D eigenvalue weighted by Gasteiger charge is 2.32. The molecule has 8 N–H and O–H groups in total. The van der Waals surface area contributed by atoms with E-state index in [1.807, 2.05) is 20.8 Å². The van der Waals surface area contributed by atoms with Crippen LogP contribution in [0.3, 0.4) is 0 Å². The van der Waals surface area contributed by atoms with Crippen LogP contribution in [-0.2, 0) is 19.1 Å². The molecule has 2 aromatic carbocycles. The number of ether oxygens (including phenoxy) is 4. The Balaban J connectivity index is 0.000000829. The number of methoxy groups -OCH3 is 2. The molecule has 0 spiro atoms. The molecule has 2 aliphatic heterocycles. The van der Waals surface area contributed by atoms with Gasteiger partial charge in [-0.25, -0.2) is 9.59 Å². The van der Waals surface area contributed by atoms with Gasteiger partial charge in [-0.2, -0.15) is 0 Å². The van der Waals surface area contributed by atoms with Crippen LogP contribution in [0, 0.1) is 11.8 Å². The first-order chi connectivity index (χ1) is 23.8. The summed E-state index contributed by atoms with van der Waals surface area (Å²) in [7, 11) is 3.09. The summed E-state index contributed by atoms with van der Waals surface area (Å²) in [5.74, 6) is -0.619. The van der Waals surface area contributed by atoms with E-state index in [1.165, 1.54) is 12.0 Å². The Bertz CT molecular complexity index is 1490. The summed E-state index contributed by atoms with van der Waals surface area (Å²) in [6.45, 7) is 12.6. The fourth-order valence-electron chi connectivity index (χ4n) is 5.16. The van der Waals surface area contributed by atoms with Gasteiger partial charge in [-0.05, 0) is 91.5 Å². The van der Waals surface area contributed by atoms with Gasteiger partial charge in [0.15, 0.2) is 0 Å². The maximum Gasteiger partial charge on any atom is 0.410 e. The number of piperidine rings is 2. The molecule has 3 amide bonds. The van der Waals surface area contributed by atoms with Gasteiger partial charge < -0.3 is 56.4 Å². The van der Waals surface area contributed by atoms with Crippen molar-refractivity contribution in [2.75, 3.05) is 62.9 Å². The maximum absolute atomic E-state index is 12.6. The molecule has 2 heterocycles. The van der Waals surface area contributed by atoms with Crippen LogP contribution < -0.4 is 32.0 Å². The minimum atomic E-state index is -0.840. The molecule has 2 aromatic rings. The number of carboxylic acid groups (broad SMARTS) is 1. The molecule has 300 valence electrons. The Hall–Kier alpha value is -5.08. The number of carbonyl (C=O) groups is 4. The van der Waals surface area contributed by atoms with Crippen LogP contribution in [0.25, 0.3) is 0 Å². The van der Waals surface area contributed by atoms with Crippen molar-refractivity contribution in [1.29, 1.82) is 0 Å². The number of aliphatic carboxylic acids is 1. The molecule has 0 unspecified atom stereocenters. The Morgan fingerprint density at radius 2 is 1.15 bits per heavy atom. The predicted octanol–water partition coefficient (Wildman–Crippen LogP) is 6.71. The monoisotopic (exact) mass is 748 g/mol. The number of hydrogen-bond donors (Lipinski definition) is 5. The molecule has 2 aliphatic rings. The van der Waals surface area contributed by atoms with Crippen molar-refractivity contribution in [2.24, 2.45) is 11.8 Å². The summed E-state index contributed by atoms with van der Waals surface area (Å²) in [6, 6.07) is 10.5. The van der Waals surface area contributed by atoms with Gasteiger partial charge in [0, 0.05) is 26.2 Å². The summed E-state index contributed by atoms with van der Waals surface area (Å²) in [5, 5.41) is 11.7. The number of carbonyl (C=O) groups excluding carboxylic acids is 3. The first kappa shape index (κ1) is 47.9. The Kier molecular flexibility index (Phi) is 19.4. The van der Waals surface area contributed by atoms with Crippen molar-refractivity contribution in [3.05, 3.63) is 36.4 Å². The number of amides is 3. The van der Waals surface area contributed by atoms with Crippen LogP contribution in [0.1, 0.15) is 82.1 Å². The highest BCUT2D eigenvalue weighted by atomic mass is 16.6. The third-order valence-corrected chi connectivity index (χ3v) is 7.73. The number of likely N-dealkylation sites (tertiary alicyclic amines) is 2. The first-order valence-corrected chi connectivity index (χ1v) is 16.9. The fraction of sp³-hybridized carbons (Fsp3) is 0.579. The molecule has 0 aliphatic carbocycles. The van der Waals surface area contributed by atoms with E-state index < -0.39 is 29.2 Å². The summed E-state index contributed by atoms with van der Waals surface area (Å²) in [4.78, 5) is 50.4. The van der Waals surface area contributed by atoms with Crippen molar-refractivity contribution >= 4 is 46.8 Å². The van der Waals surface area contributed by atoms with Crippen LogP contribution in [0.15, 0.2) is 36.4 Å². The molecule has 0 saturated carbocycles. The third-order valence-electron chi connectivity index (χ3n) is 7.73. The summed E-state index contributed by atoms with van der Waals surface area (Å²) >= 11 is 0. The van der Waals surface area contributed by atoms with Crippen molar-refractivity contribution in [2.45, 2.75) is 93.3 Å². The maximum atomic E-state index is 12.6. The SMILES string of the molecule is C.C.CC(C)(C)OC(=O)N1CCC[C@@H](C(=O)O)C1.COc1cccc(N)c1N.COc1cccc(NC(=O)[C@@H]2CCCN(C(=O)OC(C)(C)C)C2)c1N. The second-order valence-electron chi connectivity index (χ2n) is 14.2. The van der Waals surface area contributed by atoms with Crippen molar-refractivity contribution in [1.82, 2.24) is 9.80 Å². The van der Waals surface area contributed by atoms with Crippen LogP contribution in [-0.4, -0.2) is 90.6 Å².